The van der Waals surface area contributed by atoms with E-state index in [0.29, 0.717) is 52.1 Å². The number of likely N-dealkylation sites (tertiary alicyclic amines) is 1. The van der Waals surface area contributed by atoms with E-state index in [1.807, 2.05) is 29.2 Å². The SMILES string of the molecule is O=C(N1CC[C@@](O)(CN2CCN(c3ccccc3)CC2)C1)C1(c2ccccc2)CCOCC1. The molecular weight excluding hydrogens is 414 g/mol. The summed E-state index contributed by atoms with van der Waals surface area (Å²) in [7, 11) is 0. The minimum Gasteiger partial charge on any atom is -0.387 e. The van der Waals surface area contributed by atoms with Gasteiger partial charge in [-0.25, -0.2) is 0 Å². The highest BCUT2D eigenvalue weighted by Crippen LogP contribution is 2.38. The van der Waals surface area contributed by atoms with Gasteiger partial charge in [0.2, 0.25) is 5.91 Å². The quantitative estimate of drug-likeness (QED) is 0.760. The van der Waals surface area contributed by atoms with Crippen LogP contribution in [0.3, 0.4) is 0 Å². The summed E-state index contributed by atoms with van der Waals surface area (Å²) >= 11 is 0. The van der Waals surface area contributed by atoms with Crippen LogP contribution in [0.15, 0.2) is 60.7 Å². The lowest BCUT2D eigenvalue weighted by Crippen LogP contribution is -2.54. The standard InChI is InChI=1S/C27H35N3O3/c31-25(27(12-19-33-20-13-27)23-7-3-1-4-8-23)30-14-11-26(32,22-30)21-28-15-17-29(18-16-28)24-9-5-2-6-10-24/h1-10,32H,11-22H2/t26-/m1/s1. The number of carbonyl (C=O) groups is 1. The monoisotopic (exact) mass is 449 g/mol. The molecule has 1 atom stereocenters. The molecule has 3 saturated heterocycles. The van der Waals surface area contributed by atoms with Gasteiger partial charge in [-0.15, -0.1) is 0 Å². The normalized spacial score (nSPS) is 25.8. The zero-order chi connectivity index (χ0) is 22.7. The molecule has 0 saturated carbocycles. The topological polar surface area (TPSA) is 56.3 Å². The van der Waals surface area contributed by atoms with Crippen molar-refractivity contribution in [2.45, 2.75) is 30.3 Å². The fraction of sp³-hybridized carbons (Fsp3) is 0.519. The lowest BCUT2D eigenvalue weighted by molar-refractivity contribution is -0.141. The Labute approximate surface area is 196 Å². The van der Waals surface area contributed by atoms with Gasteiger partial charge in [-0.05, 0) is 37.0 Å². The molecule has 3 heterocycles. The second-order valence-electron chi connectivity index (χ2n) is 9.86. The molecule has 2 aromatic rings. The van der Waals surface area contributed by atoms with Crippen LogP contribution in [0.4, 0.5) is 5.69 Å². The summed E-state index contributed by atoms with van der Waals surface area (Å²) in [6.07, 6.45) is 2.04. The molecule has 3 fully saturated rings. The van der Waals surface area contributed by atoms with Gasteiger partial charge in [0.15, 0.2) is 0 Å². The molecule has 2 aromatic carbocycles. The van der Waals surface area contributed by atoms with Crippen LogP contribution in [-0.2, 0) is 14.9 Å². The number of carbonyl (C=O) groups excluding carboxylic acids is 1. The van der Waals surface area contributed by atoms with Crippen LogP contribution in [0.1, 0.15) is 24.8 Å². The largest absolute Gasteiger partial charge is 0.387 e. The molecule has 0 aromatic heterocycles. The fourth-order valence-corrected chi connectivity index (χ4v) is 5.78. The van der Waals surface area contributed by atoms with Crippen molar-refractivity contribution in [3.63, 3.8) is 0 Å². The summed E-state index contributed by atoms with van der Waals surface area (Å²) in [4.78, 5) is 20.5. The number of hydrogen-bond donors (Lipinski definition) is 1. The molecule has 3 aliphatic rings. The molecule has 1 N–H and O–H groups in total. The number of piperazine rings is 1. The van der Waals surface area contributed by atoms with Crippen LogP contribution < -0.4 is 4.90 Å². The van der Waals surface area contributed by atoms with Gasteiger partial charge < -0.3 is 19.6 Å². The average Bonchev–Trinajstić information content (AvgIpc) is 3.27. The van der Waals surface area contributed by atoms with Crippen molar-refractivity contribution in [3.05, 3.63) is 66.2 Å². The highest BCUT2D eigenvalue weighted by molar-refractivity contribution is 5.88. The Hall–Kier alpha value is -2.41. The minimum atomic E-state index is -0.840. The number of anilines is 1. The summed E-state index contributed by atoms with van der Waals surface area (Å²) in [5.41, 5.74) is 0.960. The van der Waals surface area contributed by atoms with Crippen LogP contribution in [0, 0.1) is 0 Å². The third kappa shape index (κ3) is 4.65. The molecule has 5 rings (SSSR count). The number of amides is 1. The van der Waals surface area contributed by atoms with Crippen molar-refractivity contribution in [3.8, 4) is 0 Å². The lowest BCUT2D eigenvalue weighted by Gasteiger charge is -2.40. The van der Waals surface area contributed by atoms with Gasteiger partial charge in [0, 0.05) is 58.2 Å². The van der Waals surface area contributed by atoms with E-state index in [4.69, 9.17) is 4.74 Å². The Morgan fingerprint density at radius 1 is 0.848 bits per heavy atom. The maximum atomic E-state index is 13.8. The number of para-hydroxylation sites is 1. The Morgan fingerprint density at radius 3 is 2.15 bits per heavy atom. The van der Waals surface area contributed by atoms with E-state index in [-0.39, 0.29) is 5.91 Å². The second kappa shape index (κ2) is 9.45. The van der Waals surface area contributed by atoms with Gasteiger partial charge in [0.1, 0.15) is 0 Å². The summed E-state index contributed by atoms with van der Waals surface area (Å²) in [5.74, 6) is 0.154. The Morgan fingerprint density at radius 2 is 1.48 bits per heavy atom. The molecule has 6 nitrogen and oxygen atoms in total. The zero-order valence-electron chi connectivity index (χ0n) is 19.4. The van der Waals surface area contributed by atoms with Crippen molar-refractivity contribution < 1.29 is 14.6 Å². The van der Waals surface area contributed by atoms with E-state index < -0.39 is 11.0 Å². The van der Waals surface area contributed by atoms with Crippen LogP contribution in [0.5, 0.6) is 0 Å². The number of aliphatic hydroxyl groups is 1. The Balaban J connectivity index is 1.22. The maximum Gasteiger partial charge on any atom is 0.233 e. The summed E-state index contributed by atoms with van der Waals surface area (Å²) in [6.45, 7) is 6.64. The van der Waals surface area contributed by atoms with Crippen LogP contribution in [0.2, 0.25) is 0 Å². The molecule has 176 valence electrons. The smallest absolute Gasteiger partial charge is 0.233 e. The minimum absolute atomic E-state index is 0.154. The Kier molecular flexibility index (Phi) is 6.41. The predicted octanol–water partition coefficient (Wildman–Crippen LogP) is 2.52. The van der Waals surface area contributed by atoms with Crippen LogP contribution in [0.25, 0.3) is 0 Å². The first kappa shape index (κ1) is 22.4. The highest BCUT2D eigenvalue weighted by Gasteiger charge is 2.48. The second-order valence-corrected chi connectivity index (χ2v) is 9.86. The van der Waals surface area contributed by atoms with Crippen molar-refractivity contribution in [2.24, 2.45) is 0 Å². The van der Waals surface area contributed by atoms with Gasteiger partial charge >= 0.3 is 0 Å². The van der Waals surface area contributed by atoms with Crippen LogP contribution >= 0.6 is 0 Å². The highest BCUT2D eigenvalue weighted by atomic mass is 16.5. The molecule has 1 amide bonds. The number of ether oxygens (including phenoxy) is 1. The van der Waals surface area contributed by atoms with Crippen molar-refractivity contribution in [1.82, 2.24) is 9.80 Å². The number of β-amino-alcohol motifs (C(OH)–C–C–N with tert-alkyl or cyclic N) is 1. The number of hydrogen-bond acceptors (Lipinski definition) is 5. The van der Waals surface area contributed by atoms with E-state index in [2.05, 4.69) is 46.2 Å². The van der Waals surface area contributed by atoms with E-state index in [0.717, 1.165) is 31.7 Å². The number of benzene rings is 2. The maximum absolute atomic E-state index is 13.8. The molecule has 0 radical (unpaired) electrons. The summed E-state index contributed by atoms with van der Waals surface area (Å²) < 4.78 is 5.61. The van der Waals surface area contributed by atoms with Gasteiger partial charge in [0.25, 0.3) is 0 Å². The van der Waals surface area contributed by atoms with E-state index >= 15 is 0 Å². The first-order valence-corrected chi connectivity index (χ1v) is 12.3. The first-order valence-electron chi connectivity index (χ1n) is 12.3. The van der Waals surface area contributed by atoms with E-state index in [1.54, 1.807) is 0 Å². The van der Waals surface area contributed by atoms with Gasteiger partial charge in [-0.3, -0.25) is 9.69 Å². The summed E-state index contributed by atoms with van der Waals surface area (Å²) in [6, 6.07) is 20.7. The molecular formula is C27H35N3O3. The molecule has 0 aliphatic carbocycles. The molecule has 0 bridgehead atoms. The van der Waals surface area contributed by atoms with Gasteiger partial charge in [-0.2, -0.15) is 0 Å². The fourth-order valence-electron chi connectivity index (χ4n) is 5.78. The Bertz CT molecular complexity index is 924. The molecule has 6 heteroatoms. The first-order chi connectivity index (χ1) is 16.1. The van der Waals surface area contributed by atoms with Gasteiger partial charge in [0.05, 0.1) is 17.6 Å². The number of rotatable bonds is 5. The molecule has 0 spiro atoms. The number of nitrogens with zero attached hydrogens (tertiary/aromatic N) is 3. The lowest BCUT2D eigenvalue weighted by atomic mass is 9.73. The third-order valence-corrected chi connectivity index (χ3v) is 7.71. The third-order valence-electron chi connectivity index (χ3n) is 7.71. The average molecular weight is 450 g/mol. The molecule has 0 unspecified atom stereocenters. The van der Waals surface area contributed by atoms with Crippen molar-refractivity contribution >= 4 is 11.6 Å². The zero-order valence-corrected chi connectivity index (χ0v) is 19.4. The van der Waals surface area contributed by atoms with Crippen molar-refractivity contribution in [2.75, 3.05) is 63.9 Å². The van der Waals surface area contributed by atoms with Crippen molar-refractivity contribution in [1.29, 1.82) is 0 Å². The predicted molar refractivity (Wildman–Crippen MR) is 129 cm³/mol. The molecule has 33 heavy (non-hydrogen) atoms. The molecule has 3 aliphatic heterocycles. The van der Waals surface area contributed by atoms with Gasteiger partial charge in [-0.1, -0.05) is 48.5 Å². The van der Waals surface area contributed by atoms with Crippen LogP contribution in [-0.4, -0.2) is 85.4 Å². The van der Waals surface area contributed by atoms with E-state index in [1.165, 1.54) is 5.69 Å². The van der Waals surface area contributed by atoms with E-state index in [9.17, 15) is 9.90 Å². The summed E-state index contributed by atoms with van der Waals surface area (Å²) in [5, 5.41) is 11.4.